The van der Waals surface area contributed by atoms with E-state index in [4.69, 9.17) is 4.42 Å². The third-order valence-electron chi connectivity index (χ3n) is 4.89. The zero-order valence-corrected chi connectivity index (χ0v) is 17.7. The van der Waals surface area contributed by atoms with Crippen molar-refractivity contribution in [1.29, 1.82) is 0 Å². The summed E-state index contributed by atoms with van der Waals surface area (Å²) in [6.45, 7) is 1.74. The van der Waals surface area contributed by atoms with E-state index >= 15 is 0 Å². The molecule has 2 N–H and O–H groups in total. The van der Waals surface area contributed by atoms with Crippen molar-refractivity contribution in [3.8, 4) is 5.75 Å². The first-order valence-electron chi connectivity index (χ1n) is 9.72. The zero-order chi connectivity index (χ0) is 22.4. The van der Waals surface area contributed by atoms with Crippen LogP contribution in [0, 0.1) is 6.92 Å². The van der Waals surface area contributed by atoms with Gasteiger partial charge in [-0.2, -0.15) is 11.8 Å². The molecule has 0 aliphatic heterocycles. The van der Waals surface area contributed by atoms with Crippen LogP contribution in [-0.2, 0) is 21.8 Å². The number of carbonyl (C=O) groups excluding carboxylic acids is 2. The number of nitrogens with one attached hydrogen (secondary N) is 1. The number of rotatable bonds is 9. The minimum atomic E-state index is -1.35. The van der Waals surface area contributed by atoms with Gasteiger partial charge in [0.1, 0.15) is 11.3 Å². The normalized spacial score (nSPS) is 11.9. The molecule has 1 heterocycles. The molecule has 0 fully saturated rings. The van der Waals surface area contributed by atoms with Gasteiger partial charge >= 0.3 is 5.63 Å². The molecule has 1 atom stereocenters. The first-order chi connectivity index (χ1) is 14.8. The van der Waals surface area contributed by atoms with Crippen LogP contribution in [0.1, 0.15) is 23.1 Å². The predicted octanol–water partition coefficient (Wildman–Crippen LogP) is 1.91. The summed E-state index contributed by atoms with van der Waals surface area (Å²) >= 11 is 1.39. The lowest BCUT2D eigenvalue weighted by atomic mass is 10.0. The van der Waals surface area contributed by atoms with Crippen LogP contribution in [0.4, 0.5) is 0 Å². The number of hydrogen-bond donors (Lipinski definition) is 2. The highest BCUT2D eigenvalue weighted by molar-refractivity contribution is 7.98. The van der Waals surface area contributed by atoms with Crippen LogP contribution in [0.5, 0.6) is 5.75 Å². The van der Waals surface area contributed by atoms with E-state index in [1.807, 2.05) is 30.3 Å². The van der Waals surface area contributed by atoms with E-state index in [2.05, 4.69) is 5.32 Å². The molecular weight excluding hydrogens is 418 g/mol. The highest BCUT2D eigenvalue weighted by Gasteiger charge is 2.17. The molecule has 3 rings (SSSR count). The lowest BCUT2D eigenvalue weighted by Gasteiger charge is -2.19. The van der Waals surface area contributed by atoms with Crippen molar-refractivity contribution in [2.75, 3.05) is 5.75 Å². The summed E-state index contributed by atoms with van der Waals surface area (Å²) in [6.07, 6.45) is 0.0378. The maximum Gasteiger partial charge on any atom is 0.339 e. The minimum absolute atomic E-state index is 0.0133. The van der Waals surface area contributed by atoms with Crippen LogP contribution in [0.25, 0.3) is 11.0 Å². The summed E-state index contributed by atoms with van der Waals surface area (Å²) in [7, 11) is 0. The summed E-state index contributed by atoms with van der Waals surface area (Å²) in [5.74, 6) is -1.06. The number of thioether (sulfide) groups is 1. The van der Waals surface area contributed by atoms with E-state index < -0.39 is 23.5 Å². The van der Waals surface area contributed by atoms with Gasteiger partial charge < -0.3 is 24.7 Å². The molecule has 0 bridgehead atoms. The summed E-state index contributed by atoms with van der Waals surface area (Å²) in [5.41, 5.74) is 1.75. The predicted molar refractivity (Wildman–Crippen MR) is 117 cm³/mol. The smallest absolute Gasteiger partial charge is 0.339 e. The van der Waals surface area contributed by atoms with E-state index in [-0.39, 0.29) is 29.9 Å². The molecule has 0 radical (unpaired) electrons. The zero-order valence-electron chi connectivity index (χ0n) is 16.9. The number of amides is 1. The second kappa shape index (κ2) is 10.2. The Hall–Kier alpha value is -3.26. The molecule has 162 valence electrons. The van der Waals surface area contributed by atoms with Gasteiger partial charge in [-0.3, -0.25) is 4.79 Å². The minimum Gasteiger partial charge on any atom is -0.548 e. The Labute approximate surface area is 183 Å². The SMILES string of the molecule is Cc1c(CCC(=O)N[C@@H](CSCc2ccccc2)C(=O)[O-])c(=O)oc2cc(O)ccc12. The first kappa shape index (κ1) is 22.4. The van der Waals surface area contributed by atoms with Gasteiger partial charge in [0.15, 0.2) is 0 Å². The van der Waals surface area contributed by atoms with Crippen LogP contribution in [0.15, 0.2) is 57.7 Å². The summed E-state index contributed by atoms with van der Waals surface area (Å²) < 4.78 is 5.25. The Kier molecular flexibility index (Phi) is 7.36. The van der Waals surface area contributed by atoms with E-state index in [1.165, 1.54) is 23.9 Å². The number of aliphatic carboxylic acids is 1. The number of hydrogen-bond acceptors (Lipinski definition) is 7. The Morgan fingerprint density at radius 2 is 1.94 bits per heavy atom. The number of carbonyl (C=O) groups is 2. The van der Waals surface area contributed by atoms with E-state index in [0.717, 1.165) is 5.56 Å². The molecule has 0 aliphatic rings. The molecule has 3 aromatic rings. The lowest BCUT2D eigenvalue weighted by molar-refractivity contribution is -0.307. The molecule has 0 saturated carbocycles. The fourth-order valence-corrected chi connectivity index (χ4v) is 4.22. The van der Waals surface area contributed by atoms with Crippen molar-refractivity contribution in [3.05, 3.63) is 75.6 Å². The molecule has 0 unspecified atom stereocenters. The van der Waals surface area contributed by atoms with Crippen molar-refractivity contribution in [2.24, 2.45) is 0 Å². The molecule has 0 aliphatic carbocycles. The van der Waals surface area contributed by atoms with Crippen LogP contribution >= 0.6 is 11.8 Å². The Morgan fingerprint density at radius 1 is 1.19 bits per heavy atom. The van der Waals surface area contributed by atoms with Gasteiger partial charge in [0, 0.05) is 34.9 Å². The molecule has 2 aromatic carbocycles. The van der Waals surface area contributed by atoms with E-state index in [1.54, 1.807) is 13.0 Å². The van der Waals surface area contributed by atoms with Gasteiger partial charge in [0.2, 0.25) is 5.91 Å². The summed E-state index contributed by atoms with van der Waals surface area (Å²) in [6, 6.07) is 13.0. The molecule has 0 spiro atoms. The number of benzene rings is 2. The third kappa shape index (κ3) is 5.88. The third-order valence-corrected chi connectivity index (χ3v) is 6.00. The van der Waals surface area contributed by atoms with Gasteiger partial charge in [0.25, 0.3) is 0 Å². The van der Waals surface area contributed by atoms with Gasteiger partial charge in [0.05, 0.1) is 12.0 Å². The van der Waals surface area contributed by atoms with E-state index in [9.17, 15) is 24.6 Å². The number of fused-ring (bicyclic) bond motifs is 1. The number of carboxylic acids is 1. The molecular formula is C23H22NO6S-. The number of aryl methyl sites for hydroxylation is 1. The fraction of sp³-hybridized carbons (Fsp3) is 0.261. The first-order valence-corrected chi connectivity index (χ1v) is 10.9. The molecule has 8 heteroatoms. The van der Waals surface area contributed by atoms with Crippen molar-refractivity contribution in [1.82, 2.24) is 5.32 Å². The quantitative estimate of drug-likeness (QED) is 0.488. The number of phenols is 1. The van der Waals surface area contributed by atoms with Gasteiger partial charge in [-0.25, -0.2) is 4.79 Å². The monoisotopic (exact) mass is 440 g/mol. The van der Waals surface area contributed by atoms with Crippen molar-refractivity contribution < 1.29 is 24.2 Å². The second-order valence-electron chi connectivity index (χ2n) is 7.11. The fourth-order valence-electron chi connectivity index (χ4n) is 3.21. The highest BCUT2D eigenvalue weighted by atomic mass is 32.2. The molecule has 1 aromatic heterocycles. The Balaban J connectivity index is 1.59. The van der Waals surface area contributed by atoms with Crippen molar-refractivity contribution >= 4 is 34.6 Å². The standard InChI is InChI=1S/C23H23NO6S/c1-14-17-8-7-16(25)11-20(17)30-23(29)18(14)9-10-21(26)24-19(22(27)28)13-31-12-15-5-3-2-4-6-15/h2-8,11,19,25H,9-10,12-13H2,1H3,(H,24,26)(H,27,28)/p-1/t19-/m0/s1. The average molecular weight is 440 g/mol. The van der Waals surface area contributed by atoms with Crippen molar-refractivity contribution in [2.45, 2.75) is 31.6 Å². The van der Waals surface area contributed by atoms with Crippen LogP contribution in [-0.4, -0.2) is 28.8 Å². The summed E-state index contributed by atoms with van der Waals surface area (Å²) in [5, 5.41) is 24.1. The number of carboxylic acid groups (broad SMARTS) is 1. The number of aromatic hydroxyl groups is 1. The topological polar surface area (TPSA) is 120 Å². The maximum atomic E-state index is 12.3. The van der Waals surface area contributed by atoms with Crippen LogP contribution in [0.3, 0.4) is 0 Å². The van der Waals surface area contributed by atoms with Crippen molar-refractivity contribution in [3.63, 3.8) is 0 Å². The molecule has 31 heavy (non-hydrogen) atoms. The van der Waals surface area contributed by atoms with Crippen LogP contribution in [0.2, 0.25) is 0 Å². The Bertz CT molecular complexity index is 1140. The largest absolute Gasteiger partial charge is 0.548 e. The Morgan fingerprint density at radius 3 is 2.65 bits per heavy atom. The molecule has 1 amide bonds. The second-order valence-corrected chi connectivity index (χ2v) is 8.14. The highest BCUT2D eigenvalue weighted by Crippen LogP contribution is 2.23. The lowest BCUT2D eigenvalue weighted by Crippen LogP contribution is -2.49. The van der Waals surface area contributed by atoms with E-state index in [0.29, 0.717) is 22.3 Å². The maximum absolute atomic E-state index is 12.3. The van der Waals surface area contributed by atoms with Gasteiger partial charge in [-0.15, -0.1) is 0 Å². The molecule has 7 nitrogen and oxygen atoms in total. The summed E-state index contributed by atoms with van der Waals surface area (Å²) in [4.78, 5) is 36.0. The van der Waals surface area contributed by atoms with Gasteiger partial charge in [-0.05, 0) is 36.6 Å². The van der Waals surface area contributed by atoms with Crippen LogP contribution < -0.4 is 16.0 Å². The number of phenolic OH excluding ortho intramolecular Hbond substituents is 1. The average Bonchev–Trinajstić information content (AvgIpc) is 2.73. The van der Waals surface area contributed by atoms with Gasteiger partial charge in [-0.1, -0.05) is 30.3 Å². The molecule has 0 saturated heterocycles.